The molecule has 0 bridgehead atoms. The molecule has 8 heteroatoms. The summed E-state index contributed by atoms with van der Waals surface area (Å²) in [6.45, 7) is 2.00. The number of benzene rings is 3. The molecule has 0 unspecified atom stereocenters. The van der Waals surface area contributed by atoms with E-state index in [4.69, 9.17) is 10.5 Å². The van der Waals surface area contributed by atoms with Crippen LogP contribution in [0.1, 0.15) is 37.4 Å². The Morgan fingerprint density at radius 3 is 2.29 bits per heavy atom. The molecular formula is C23H19F3N2O3. The molecule has 3 N–H and O–H groups in total. The predicted octanol–water partition coefficient (Wildman–Crippen LogP) is 4.94. The Bertz CT molecular complexity index is 1110. The van der Waals surface area contributed by atoms with Gasteiger partial charge in [0.15, 0.2) is 0 Å². The lowest BCUT2D eigenvalue weighted by atomic mass is 10.1. The van der Waals surface area contributed by atoms with Gasteiger partial charge < -0.3 is 15.8 Å². The number of hydrogen-bond acceptors (Lipinski definition) is 3. The fourth-order valence-corrected chi connectivity index (χ4v) is 2.80. The van der Waals surface area contributed by atoms with Crippen LogP contribution in [0.2, 0.25) is 0 Å². The minimum atomic E-state index is -4.50. The second-order valence-electron chi connectivity index (χ2n) is 6.86. The van der Waals surface area contributed by atoms with E-state index in [2.05, 4.69) is 5.32 Å². The van der Waals surface area contributed by atoms with Gasteiger partial charge in [-0.1, -0.05) is 24.3 Å². The summed E-state index contributed by atoms with van der Waals surface area (Å²) in [6, 6.07) is 15.8. The van der Waals surface area contributed by atoms with Crippen LogP contribution in [0.4, 0.5) is 18.9 Å². The molecule has 0 heterocycles. The number of aryl methyl sites for hydroxylation is 1. The third kappa shape index (κ3) is 5.63. The van der Waals surface area contributed by atoms with Crippen LogP contribution >= 0.6 is 0 Å². The molecule has 0 radical (unpaired) electrons. The Labute approximate surface area is 176 Å². The number of carbonyl (C=O) groups is 2. The highest BCUT2D eigenvalue weighted by Gasteiger charge is 2.30. The summed E-state index contributed by atoms with van der Waals surface area (Å²) in [7, 11) is 0. The highest BCUT2D eigenvalue weighted by atomic mass is 19.4. The molecule has 0 atom stereocenters. The SMILES string of the molecule is Cc1ccc(C(=O)Nc2cccc(C(F)(F)F)c2)cc1OCc1ccc(C(N)=O)cc1. The lowest BCUT2D eigenvalue weighted by molar-refractivity contribution is -0.137. The molecule has 0 aromatic heterocycles. The number of ether oxygens (including phenoxy) is 1. The lowest BCUT2D eigenvalue weighted by Gasteiger charge is -2.13. The maximum atomic E-state index is 12.9. The lowest BCUT2D eigenvalue weighted by Crippen LogP contribution is -2.13. The normalized spacial score (nSPS) is 11.1. The second kappa shape index (κ2) is 8.91. The summed E-state index contributed by atoms with van der Waals surface area (Å²) in [5.74, 6) is -0.631. The van der Waals surface area contributed by atoms with Crippen molar-refractivity contribution in [1.82, 2.24) is 0 Å². The fraction of sp³-hybridized carbons (Fsp3) is 0.130. The maximum Gasteiger partial charge on any atom is 0.416 e. The number of nitrogens with one attached hydrogen (secondary N) is 1. The molecule has 0 aliphatic rings. The molecule has 160 valence electrons. The van der Waals surface area contributed by atoms with Gasteiger partial charge in [-0.15, -0.1) is 0 Å². The predicted molar refractivity (Wildman–Crippen MR) is 110 cm³/mol. The van der Waals surface area contributed by atoms with Crippen molar-refractivity contribution in [3.63, 3.8) is 0 Å². The standard InChI is InChI=1S/C23H19F3N2O3/c1-14-5-8-17(22(30)28-19-4-2-3-18(12-19)23(24,25)26)11-20(14)31-13-15-6-9-16(10-7-15)21(27)29/h2-12H,13H2,1H3,(H2,27,29)(H,28,30). The largest absolute Gasteiger partial charge is 0.489 e. The van der Waals surface area contributed by atoms with E-state index in [0.29, 0.717) is 11.3 Å². The van der Waals surface area contributed by atoms with Crippen LogP contribution < -0.4 is 15.8 Å². The highest BCUT2D eigenvalue weighted by Crippen LogP contribution is 2.31. The Balaban J connectivity index is 1.71. The molecular weight excluding hydrogens is 409 g/mol. The van der Waals surface area contributed by atoms with Crippen LogP contribution in [0.5, 0.6) is 5.75 Å². The number of halogens is 3. The minimum absolute atomic E-state index is 0.0393. The number of hydrogen-bond donors (Lipinski definition) is 2. The minimum Gasteiger partial charge on any atom is -0.489 e. The Morgan fingerprint density at radius 2 is 1.65 bits per heavy atom. The molecule has 5 nitrogen and oxygen atoms in total. The zero-order valence-corrected chi connectivity index (χ0v) is 16.5. The second-order valence-corrected chi connectivity index (χ2v) is 6.86. The van der Waals surface area contributed by atoms with Crippen molar-refractivity contribution >= 4 is 17.5 Å². The zero-order valence-electron chi connectivity index (χ0n) is 16.5. The van der Waals surface area contributed by atoms with Crippen LogP contribution in [0.15, 0.2) is 66.7 Å². The summed E-state index contributed by atoms with van der Waals surface area (Å²) in [4.78, 5) is 23.7. The van der Waals surface area contributed by atoms with E-state index in [1.807, 2.05) is 0 Å². The van der Waals surface area contributed by atoms with Gasteiger partial charge in [-0.05, 0) is 60.5 Å². The molecule has 3 aromatic carbocycles. The Hall–Kier alpha value is -3.81. The Kier molecular flexibility index (Phi) is 6.29. The van der Waals surface area contributed by atoms with Gasteiger partial charge in [0, 0.05) is 16.8 Å². The maximum absolute atomic E-state index is 12.9. The topological polar surface area (TPSA) is 81.4 Å². The molecule has 0 aliphatic heterocycles. The van der Waals surface area contributed by atoms with Crippen molar-refractivity contribution in [2.45, 2.75) is 19.7 Å². The van der Waals surface area contributed by atoms with Crippen LogP contribution in [0, 0.1) is 6.92 Å². The van der Waals surface area contributed by atoms with Crippen molar-refractivity contribution in [3.8, 4) is 5.75 Å². The van der Waals surface area contributed by atoms with Gasteiger partial charge in [-0.25, -0.2) is 0 Å². The summed E-state index contributed by atoms with van der Waals surface area (Å²) < 4.78 is 44.4. The molecule has 31 heavy (non-hydrogen) atoms. The first-order chi connectivity index (χ1) is 14.6. The van der Waals surface area contributed by atoms with Crippen molar-refractivity contribution in [1.29, 1.82) is 0 Å². The summed E-state index contributed by atoms with van der Waals surface area (Å²) in [6.07, 6.45) is -4.50. The van der Waals surface area contributed by atoms with E-state index in [1.165, 1.54) is 18.2 Å². The average Bonchev–Trinajstić information content (AvgIpc) is 2.73. The smallest absolute Gasteiger partial charge is 0.416 e. The molecule has 0 fully saturated rings. The van der Waals surface area contributed by atoms with Gasteiger partial charge in [0.1, 0.15) is 12.4 Å². The number of nitrogens with two attached hydrogens (primary N) is 1. The molecule has 0 spiro atoms. The number of anilines is 1. The first-order valence-corrected chi connectivity index (χ1v) is 9.24. The molecule has 3 aromatic rings. The summed E-state index contributed by atoms with van der Waals surface area (Å²) in [5, 5.41) is 2.47. The first kappa shape index (κ1) is 21.9. The van der Waals surface area contributed by atoms with E-state index in [9.17, 15) is 22.8 Å². The molecule has 0 aliphatic carbocycles. The molecule has 0 saturated heterocycles. The van der Waals surface area contributed by atoms with Crippen molar-refractivity contribution in [2.75, 3.05) is 5.32 Å². The van der Waals surface area contributed by atoms with Gasteiger partial charge in [0.25, 0.3) is 5.91 Å². The molecule has 0 saturated carbocycles. The van der Waals surface area contributed by atoms with Gasteiger partial charge in [0.2, 0.25) is 5.91 Å². The number of carbonyl (C=O) groups excluding carboxylic acids is 2. The fourth-order valence-electron chi connectivity index (χ4n) is 2.80. The van der Waals surface area contributed by atoms with Crippen LogP contribution in [0.3, 0.4) is 0 Å². The average molecular weight is 428 g/mol. The number of alkyl halides is 3. The van der Waals surface area contributed by atoms with E-state index in [-0.39, 0.29) is 17.9 Å². The van der Waals surface area contributed by atoms with Crippen LogP contribution in [-0.2, 0) is 12.8 Å². The highest BCUT2D eigenvalue weighted by molar-refractivity contribution is 6.04. The van der Waals surface area contributed by atoms with Crippen molar-refractivity contribution < 1.29 is 27.5 Å². The van der Waals surface area contributed by atoms with Gasteiger partial charge >= 0.3 is 6.18 Å². The van der Waals surface area contributed by atoms with Gasteiger partial charge in [0.05, 0.1) is 5.56 Å². The van der Waals surface area contributed by atoms with E-state index in [1.54, 1.807) is 43.3 Å². The van der Waals surface area contributed by atoms with Gasteiger partial charge in [-0.2, -0.15) is 13.2 Å². The van der Waals surface area contributed by atoms with Gasteiger partial charge in [-0.3, -0.25) is 9.59 Å². The first-order valence-electron chi connectivity index (χ1n) is 9.24. The number of amides is 2. The van der Waals surface area contributed by atoms with Crippen molar-refractivity contribution in [3.05, 3.63) is 94.5 Å². The zero-order chi connectivity index (χ0) is 22.6. The number of rotatable bonds is 6. The van der Waals surface area contributed by atoms with E-state index >= 15 is 0 Å². The summed E-state index contributed by atoms with van der Waals surface area (Å²) >= 11 is 0. The van der Waals surface area contributed by atoms with Crippen LogP contribution in [-0.4, -0.2) is 11.8 Å². The third-order valence-electron chi connectivity index (χ3n) is 4.53. The Morgan fingerprint density at radius 1 is 0.968 bits per heavy atom. The third-order valence-corrected chi connectivity index (χ3v) is 4.53. The van der Waals surface area contributed by atoms with E-state index in [0.717, 1.165) is 23.3 Å². The monoisotopic (exact) mass is 428 g/mol. The van der Waals surface area contributed by atoms with E-state index < -0.39 is 23.6 Å². The summed E-state index contributed by atoms with van der Waals surface area (Å²) in [5.41, 5.74) is 6.60. The quantitative estimate of drug-likeness (QED) is 0.583. The molecule has 2 amide bonds. The van der Waals surface area contributed by atoms with Crippen molar-refractivity contribution in [2.24, 2.45) is 5.73 Å². The molecule has 3 rings (SSSR count). The number of primary amides is 1. The van der Waals surface area contributed by atoms with Crippen LogP contribution in [0.25, 0.3) is 0 Å².